The molecule has 3 unspecified atom stereocenters. The first-order chi connectivity index (χ1) is 8.24. The highest BCUT2D eigenvalue weighted by Crippen LogP contribution is 2.37. The van der Waals surface area contributed by atoms with E-state index in [9.17, 15) is 0 Å². The van der Waals surface area contributed by atoms with Crippen molar-refractivity contribution >= 4 is 27.3 Å². The van der Waals surface area contributed by atoms with Crippen molar-refractivity contribution < 1.29 is 0 Å². The molecule has 2 fully saturated rings. The van der Waals surface area contributed by atoms with Crippen molar-refractivity contribution in [3.63, 3.8) is 0 Å². The summed E-state index contributed by atoms with van der Waals surface area (Å²) >= 11 is 5.47. The Morgan fingerprint density at radius 3 is 3.00 bits per heavy atom. The maximum atomic E-state index is 6.25. The summed E-state index contributed by atoms with van der Waals surface area (Å²) in [6, 6.07) is 2.60. The molecule has 1 saturated carbocycles. The van der Waals surface area contributed by atoms with Gasteiger partial charge in [0.25, 0.3) is 0 Å². The van der Waals surface area contributed by atoms with Crippen LogP contribution < -0.4 is 5.73 Å². The van der Waals surface area contributed by atoms with Crippen LogP contribution in [0.1, 0.15) is 24.1 Å². The van der Waals surface area contributed by atoms with Gasteiger partial charge in [0.1, 0.15) is 0 Å². The molecule has 2 heterocycles. The molecule has 4 heteroatoms. The lowest BCUT2D eigenvalue weighted by molar-refractivity contribution is 0.259. The Labute approximate surface area is 115 Å². The molecule has 1 aliphatic heterocycles. The SMILES string of the molecule is NC1CCCC2CN(Cc3sccc3Br)CC12. The number of hydrogen-bond donors (Lipinski definition) is 1. The predicted molar refractivity (Wildman–Crippen MR) is 76.1 cm³/mol. The third-order valence-electron chi connectivity index (χ3n) is 4.29. The minimum atomic E-state index is 0.450. The highest BCUT2D eigenvalue weighted by atomic mass is 79.9. The van der Waals surface area contributed by atoms with E-state index in [0.717, 1.165) is 18.4 Å². The van der Waals surface area contributed by atoms with Crippen LogP contribution in [-0.2, 0) is 6.54 Å². The zero-order valence-corrected chi connectivity index (χ0v) is 12.3. The quantitative estimate of drug-likeness (QED) is 0.909. The molecule has 0 amide bonds. The second-order valence-electron chi connectivity index (χ2n) is 5.40. The Kier molecular flexibility index (Phi) is 3.57. The van der Waals surface area contributed by atoms with Crippen molar-refractivity contribution in [1.29, 1.82) is 0 Å². The van der Waals surface area contributed by atoms with Crippen LogP contribution in [0.2, 0.25) is 0 Å². The summed E-state index contributed by atoms with van der Waals surface area (Å²) < 4.78 is 1.27. The molecule has 3 atom stereocenters. The van der Waals surface area contributed by atoms with Gasteiger partial charge in [0, 0.05) is 35.0 Å². The van der Waals surface area contributed by atoms with Crippen LogP contribution in [-0.4, -0.2) is 24.0 Å². The smallest absolute Gasteiger partial charge is 0.0339 e. The minimum absolute atomic E-state index is 0.450. The lowest BCUT2D eigenvalue weighted by Crippen LogP contribution is -2.38. The van der Waals surface area contributed by atoms with E-state index in [0.29, 0.717) is 6.04 Å². The molecule has 1 aromatic heterocycles. The average Bonchev–Trinajstić information content (AvgIpc) is 2.87. The van der Waals surface area contributed by atoms with Crippen LogP contribution in [0, 0.1) is 11.8 Å². The Morgan fingerprint density at radius 1 is 1.41 bits per heavy atom. The normalized spacial score (nSPS) is 33.9. The van der Waals surface area contributed by atoms with E-state index in [1.54, 1.807) is 0 Å². The van der Waals surface area contributed by atoms with Crippen LogP contribution >= 0.6 is 27.3 Å². The van der Waals surface area contributed by atoms with Crippen molar-refractivity contribution in [2.24, 2.45) is 17.6 Å². The second kappa shape index (κ2) is 5.00. The summed E-state index contributed by atoms with van der Waals surface area (Å²) in [6.07, 6.45) is 3.96. The lowest BCUT2D eigenvalue weighted by atomic mass is 9.78. The van der Waals surface area contributed by atoms with Gasteiger partial charge in [-0.05, 0) is 52.1 Å². The predicted octanol–water partition coefficient (Wildman–Crippen LogP) is 3.07. The number of rotatable bonds is 2. The van der Waals surface area contributed by atoms with Gasteiger partial charge in [0.2, 0.25) is 0 Å². The molecule has 17 heavy (non-hydrogen) atoms. The first-order valence-electron chi connectivity index (χ1n) is 6.44. The van der Waals surface area contributed by atoms with E-state index < -0.39 is 0 Å². The highest BCUT2D eigenvalue weighted by molar-refractivity contribution is 9.10. The lowest BCUT2D eigenvalue weighted by Gasteiger charge is -2.29. The van der Waals surface area contributed by atoms with Crippen LogP contribution in [0.3, 0.4) is 0 Å². The van der Waals surface area contributed by atoms with Crippen molar-refractivity contribution in [2.45, 2.75) is 31.8 Å². The number of thiophene rings is 1. The first kappa shape index (κ1) is 12.2. The van der Waals surface area contributed by atoms with Gasteiger partial charge in [-0.25, -0.2) is 0 Å². The van der Waals surface area contributed by atoms with Gasteiger partial charge >= 0.3 is 0 Å². The van der Waals surface area contributed by atoms with Gasteiger partial charge in [0.15, 0.2) is 0 Å². The van der Waals surface area contributed by atoms with Crippen LogP contribution in [0.25, 0.3) is 0 Å². The standard InChI is InChI=1S/C13H19BrN2S/c14-11-4-5-17-13(11)8-16-6-9-2-1-3-12(15)10(9)7-16/h4-5,9-10,12H,1-3,6-8,15H2. The molecular weight excluding hydrogens is 296 g/mol. The van der Waals surface area contributed by atoms with Crippen molar-refractivity contribution in [3.05, 3.63) is 20.8 Å². The maximum Gasteiger partial charge on any atom is 0.0339 e. The van der Waals surface area contributed by atoms with Gasteiger partial charge in [-0.2, -0.15) is 0 Å². The summed E-state index contributed by atoms with van der Waals surface area (Å²) in [4.78, 5) is 4.05. The van der Waals surface area contributed by atoms with Gasteiger partial charge < -0.3 is 5.73 Å². The topological polar surface area (TPSA) is 29.3 Å². The third-order valence-corrected chi connectivity index (χ3v) is 6.20. The summed E-state index contributed by atoms with van der Waals surface area (Å²) in [7, 11) is 0. The number of fused-ring (bicyclic) bond motifs is 1. The van der Waals surface area contributed by atoms with E-state index in [2.05, 4.69) is 32.3 Å². The Bertz CT molecular complexity index is 393. The average molecular weight is 315 g/mol. The second-order valence-corrected chi connectivity index (χ2v) is 7.26. The van der Waals surface area contributed by atoms with Gasteiger partial charge in [-0.1, -0.05) is 6.42 Å². The molecule has 1 aromatic rings. The molecule has 3 rings (SSSR count). The monoisotopic (exact) mass is 314 g/mol. The molecule has 0 radical (unpaired) electrons. The fourth-order valence-corrected chi connectivity index (χ4v) is 4.90. The molecule has 1 saturated heterocycles. The zero-order valence-electron chi connectivity index (χ0n) is 9.94. The Hall–Kier alpha value is 0.100. The van der Waals surface area contributed by atoms with Gasteiger partial charge in [-0.15, -0.1) is 11.3 Å². The van der Waals surface area contributed by atoms with E-state index in [1.807, 2.05) is 11.3 Å². The number of likely N-dealkylation sites (tertiary alicyclic amines) is 1. The third kappa shape index (κ3) is 2.46. The zero-order chi connectivity index (χ0) is 11.8. The molecule has 2 aliphatic rings. The van der Waals surface area contributed by atoms with Crippen LogP contribution in [0.4, 0.5) is 0 Å². The first-order valence-corrected chi connectivity index (χ1v) is 8.11. The van der Waals surface area contributed by atoms with E-state index in [1.165, 1.54) is 41.7 Å². The molecule has 94 valence electrons. The Balaban J connectivity index is 1.65. The van der Waals surface area contributed by atoms with E-state index >= 15 is 0 Å². The summed E-state index contributed by atoms with van der Waals surface area (Å²) in [5, 5.41) is 2.16. The van der Waals surface area contributed by atoms with Gasteiger partial charge in [0.05, 0.1) is 0 Å². The van der Waals surface area contributed by atoms with Gasteiger partial charge in [-0.3, -0.25) is 4.90 Å². The molecule has 1 aliphatic carbocycles. The number of hydrogen-bond acceptors (Lipinski definition) is 3. The van der Waals surface area contributed by atoms with Crippen molar-refractivity contribution in [3.8, 4) is 0 Å². The molecular formula is C13H19BrN2S. The number of halogens is 1. The van der Waals surface area contributed by atoms with Crippen molar-refractivity contribution in [2.75, 3.05) is 13.1 Å². The van der Waals surface area contributed by atoms with Crippen LogP contribution in [0.15, 0.2) is 15.9 Å². The van der Waals surface area contributed by atoms with E-state index in [-0.39, 0.29) is 0 Å². The minimum Gasteiger partial charge on any atom is -0.327 e. The molecule has 0 aromatic carbocycles. The summed E-state index contributed by atoms with van der Waals surface area (Å²) in [5.74, 6) is 1.61. The van der Waals surface area contributed by atoms with E-state index in [4.69, 9.17) is 5.73 Å². The number of nitrogens with zero attached hydrogens (tertiary/aromatic N) is 1. The summed E-state index contributed by atoms with van der Waals surface area (Å²) in [6.45, 7) is 3.55. The molecule has 0 spiro atoms. The fraction of sp³-hybridized carbons (Fsp3) is 0.692. The highest BCUT2D eigenvalue weighted by Gasteiger charge is 2.38. The molecule has 2 N–H and O–H groups in total. The fourth-order valence-electron chi connectivity index (χ4n) is 3.38. The largest absolute Gasteiger partial charge is 0.327 e. The molecule has 2 nitrogen and oxygen atoms in total. The molecule has 0 bridgehead atoms. The van der Waals surface area contributed by atoms with Crippen LogP contribution in [0.5, 0.6) is 0 Å². The maximum absolute atomic E-state index is 6.25. The number of nitrogens with two attached hydrogens (primary N) is 1. The van der Waals surface area contributed by atoms with Crippen molar-refractivity contribution in [1.82, 2.24) is 4.90 Å². The summed E-state index contributed by atoms with van der Waals surface area (Å²) in [5.41, 5.74) is 6.25. The Morgan fingerprint density at radius 2 is 2.29 bits per heavy atom.